The largest absolute Gasteiger partial charge is 0.321 e. The highest BCUT2D eigenvalue weighted by Crippen LogP contribution is 2.42. The van der Waals surface area contributed by atoms with E-state index >= 15 is 0 Å². The van der Waals surface area contributed by atoms with Crippen molar-refractivity contribution in [3.63, 3.8) is 0 Å². The van der Waals surface area contributed by atoms with E-state index in [2.05, 4.69) is 21.2 Å². The maximum absolute atomic E-state index is 13.5. The van der Waals surface area contributed by atoms with Crippen LogP contribution in [0, 0.1) is 11.3 Å². The molecule has 0 aliphatic carbocycles. The number of hydrogen-bond acceptors (Lipinski definition) is 4. The van der Waals surface area contributed by atoms with E-state index in [0.717, 1.165) is 10.0 Å². The summed E-state index contributed by atoms with van der Waals surface area (Å²) in [6.07, 6.45) is 0.455. The topological polar surface area (TPSA) is 73.2 Å². The van der Waals surface area contributed by atoms with Crippen LogP contribution < -0.4 is 10.2 Å². The Balaban J connectivity index is 1.70. The van der Waals surface area contributed by atoms with Crippen molar-refractivity contribution in [3.05, 3.63) is 103 Å². The van der Waals surface area contributed by atoms with Gasteiger partial charge in [0.15, 0.2) is 0 Å². The summed E-state index contributed by atoms with van der Waals surface area (Å²) in [5, 5.41) is 13.0. The first-order valence-corrected chi connectivity index (χ1v) is 12.5. The van der Waals surface area contributed by atoms with Gasteiger partial charge in [-0.05, 0) is 54.4 Å². The highest BCUT2D eigenvalue weighted by Gasteiger charge is 2.40. The van der Waals surface area contributed by atoms with Gasteiger partial charge in [-0.1, -0.05) is 81.2 Å². The molecular weight excluding hydrogens is 557 g/mol. The van der Waals surface area contributed by atoms with Crippen LogP contribution in [0.15, 0.2) is 87.9 Å². The molecule has 5 nitrogen and oxygen atoms in total. The molecule has 3 aromatic rings. The first-order valence-electron chi connectivity index (χ1n) is 10.1. The minimum atomic E-state index is -0.638. The molecule has 0 bridgehead atoms. The first kappa shape index (κ1) is 24.4. The van der Waals surface area contributed by atoms with E-state index in [-0.39, 0.29) is 16.5 Å². The molecule has 1 aliphatic rings. The fourth-order valence-corrected chi connectivity index (χ4v) is 5.27. The Morgan fingerprint density at radius 1 is 1.06 bits per heavy atom. The quantitative estimate of drug-likeness (QED) is 0.269. The number of nitriles is 1. The van der Waals surface area contributed by atoms with Gasteiger partial charge in [-0.3, -0.25) is 14.5 Å². The Morgan fingerprint density at radius 3 is 2.41 bits per heavy atom. The highest BCUT2D eigenvalue weighted by atomic mass is 79.9. The summed E-state index contributed by atoms with van der Waals surface area (Å²) in [5.41, 5.74) is 1.79. The standard InChI is InChI=1S/C25H16BrCl2N3O2S/c26-16-8-6-15(7-9-16)12-22-24(33)31(18-4-2-1-3-5-18)25(34-22)19(14-29)23(32)30-17-10-11-20(27)21(28)13-17/h1-11,13,22H,12H2,(H,30,32)/b25-19-/t22-/m0/s1. The lowest BCUT2D eigenvalue weighted by Gasteiger charge is -2.18. The number of amides is 2. The highest BCUT2D eigenvalue weighted by molar-refractivity contribution is 9.10. The second kappa shape index (κ2) is 10.7. The fourth-order valence-electron chi connectivity index (χ4n) is 3.40. The van der Waals surface area contributed by atoms with Crippen LogP contribution in [-0.2, 0) is 16.0 Å². The van der Waals surface area contributed by atoms with Gasteiger partial charge in [0.2, 0.25) is 5.91 Å². The van der Waals surface area contributed by atoms with Gasteiger partial charge in [-0.2, -0.15) is 5.26 Å². The summed E-state index contributed by atoms with van der Waals surface area (Å²) in [6.45, 7) is 0. The van der Waals surface area contributed by atoms with E-state index < -0.39 is 11.2 Å². The third-order valence-electron chi connectivity index (χ3n) is 5.03. The van der Waals surface area contributed by atoms with Crippen molar-refractivity contribution in [3.8, 4) is 6.07 Å². The average Bonchev–Trinajstić information content (AvgIpc) is 3.14. The molecule has 0 saturated carbocycles. The number of nitrogens with one attached hydrogen (secondary N) is 1. The molecule has 1 heterocycles. The van der Waals surface area contributed by atoms with Crippen molar-refractivity contribution in [1.82, 2.24) is 0 Å². The van der Waals surface area contributed by atoms with Crippen LogP contribution in [0.5, 0.6) is 0 Å². The lowest BCUT2D eigenvalue weighted by molar-refractivity contribution is -0.117. The number of hydrogen-bond donors (Lipinski definition) is 1. The molecule has 1 fully saturated rings. The van der Waals surface area contributed by atoms with E-state index in [1.807, 2.05) is 36.4 Å². The van der Waals surface area contributed by atoms with Gasteiger partial charge in [-0.15, -0.1) is 0 Å². The van der Waals surface area contributed by atoms with Crippen molar-refractivity contribution >= 4 is 74.1 Å². The molecule has 0 spiro atoms. The predicted molar refractivity (Wildman–Crippen MR) is 141 cm³/mol. The molecule has 0 unspecified atom stereocenters. The first-order chi connectivity index (χ1) is 16.4. The second-order valence-electron chi connectivity index (χ2n) is 7.32. The molecule has 1 saturated heterocycles. The van der Waals surface area contributed by atoms with Crippen LogP contribution in [0.1, 0.15) is 5.56 Å². The Labute approximate surface area is 219 Å². The summed E-state index contributed by atoms with van der Waals surface area (Å²) < 4.78 is 0.943. The molecule has 3 aromatic carbocycles. The SMILES string of the molecule is N#C/C(C(=O)Nc1ccc(Cl)c(Cl)c1)=C1/S[C@@H](Cc2ccc(Br)cc2)C(=O)N1c1ccccc1. The van der Waals surface area contributed by atoms with E-state index in [1.165, 1.54) is 22.7 Å². The Kier molecular flexibility index (Phi) is 7.64. The lowest BCUT2D eigenvalue weighted by atomic mass is 10.1. The van der Waals surface area contributed by atoms with Crippen LogP contribution in [-0.4, -0.2) is 17.1 Å². The number of rotatable bonds is 5. The van der Waals surface area contributed by atoms with E-state index in [9.17, 15) is 14.9 Å². The van der Waals surface area contributed by atoms with E-state index in [1.54, 1.807) is 36.4 Å². The summed E-state index contributed by atoms with van der Waals surface area (Å²) in [6, 6.07) is 23.3. The number of nitrogens with zero attached hydrogens (tertiary/aromatic N) is 2. The lowest BCUT2D eigenvalue weighted by Crippen LogP contribution is -2.30. The Hall–Kier alpha value is -2.76. The Bertz CT molecular complexity index is 1320. The smallest absolute Gasteiger partial charge is 0.269 e. The van der Waals surface area contributed by atoms with E-state index in [0.29, 0.717) is 27.8 Å². The number of thioether (sulfide) groups is 1. The molecule has 0 radical (unpaired) electrons. The number of anilines is 2. The van der Waals surface area contributed by atoms with Gasteiger partial charge in [-0.25, -0.2) is 0 Å². The number of carbonyl (C=O) groups excluding carboxylic acids is 2. The van der Waals surface area contributed by atoms with Crippen LogP contribution in [0.4, 0.5) is 11.4 Å². The van der Waals surface area contributed by atoms with Crippen molar-refractivity contribution < 1.29 is 9.59 Å². The second-order valence-corrected chi connectivity index (χ2v) is 10.2. The zero-order valence-corrected chi connectivity index (χ0v) is 21.4. The van der Waals surface area contributed by atoms with Crippen LogP contribution in [0.25, 0.3) is 0 Å². The average molecular weight is 573 g/mol. The third-order valence-corrected chi connectivity index (χ3v) is 7.56. The molecule has 9 heteroatoms. The van der Waals surface area contributed by atoms with Crippen LogP contribution in [0.2, 0.25) is 10.0 Å². The van der Waals surface area contributed by atoms with Crippen molar-refractivity contribution in [2.45, 2.75) is 11.7 Å². The summed E-state index contributed by atoms with van der Waals surface area (Å²) >= 11 is 16.6. The maximum Gasteiger partial charge on any atom is 0.269 e. The van der Waals surface area contributed by atoms with Gasteiger partial charge >= 0.3 is 0 Å². The molecule has 34 heavy (non-hydrogen) atoms. The van der Waals surface area contributed by atoms with Crippen molar-refractivity contribution in [2.75, 3.05) is 10.2 Å². The molecule has 1 atom stereocenters. The van der Waals surface area contributed by atoms with Gasteiger partial charge in [0.05, 0.1) is 15.3 Å². The molecule has 170 valence electrons. The van der Waals surface area contributed by atoms with Gasteiger partial charge in [0.25, 0.3) is 5.91 Å². The third kappa shape index (κ3) is 5.31. The molecule has 2 amide bonds. The van der Waals surface area contributed by atoms with Crippen LogP contribution in [0.3, 0.4) is 0 Å². The molecular formula is C25H16BrCl2N3O2S. The number of para-hydroxylation sites is 1. The summed E-state index contributed by atoms with van der Waals surface area (Å²) in [7, 11) is 0. The molecule has 4 rings (SSSR count). The fraction of sp³-hybridized carbons (Fsp3) is 0.0800. The van der Waals surface area contributed by atoms with Crippen molar-refractivity contribution in [1.29, 1.82) is 5.26 Å². The monoisotopic (exact) mass is 571 g/mol. The Morgan fingerprint density at radius 2 is 1.76 bits per heavy atom. The minimum absolute atomic E-state index is 0.161. The van der Waals surface area contributed by atoms with Gasteiger partial charge in [0.1, 0.15) is 16.7 Å². The minimum Gasteiger partial charge on any atom is -0.321 e. The number of halogens is 3. The number of carbonyl (C=O) groups is 2. The zero-order valence-electron chi connectivity index (χ0n) is 17.5. The summed E-state index contributed by atoms with van der Waals surface area (Å²) in [4.78, 5) is 28.0. The molecule has 0 aromatic heterocycles. The normalized spacial score (nSPS) is 16.8. The molecule has 1 N–H and O–H groups in total. The molecule has 1 aliphatic heterocycles. The van der Waals surface area contributed by atoms with E-state index in [4.69, 9.17) is 23.2 Å². The maximum atomic E-state index is 13.5. The van der Waals surface area contributed by atoms with Crippen molar-refractivity contribution in [2.24, 2.45) is 0 Å². The predicted octanol–water partition coefficient (Wildman–Crippen LogP) is 6.82. The summed E-state index contributed by atoms with van der Waals surface area (Å²) in [5.74, 6) is -0.828. The van der Waals surface area contributed by atoms with Gasteiger partial charge < -0.3 is 5.32 Å². The van der Waals surface area contributed by atoms with Crippen LogP contribution >= 0.6 is 50.9 Å². The van der Waals surface area contributed by atoms with Gasteiger partial charge in [0, 0.05) is 15.8 Å². The number of benzene rings is 3. The zero-order chi connectivity index (χ0) is 24.2.